The summed E-state index contributed by atoms with van der Waals surface area (Å²) in [5.41, 5.74) is 4.89. The highest BCUT2D eigenvalue weighted by Gasteiger charge is 2.51. The van der Waals surface area contributed by atoms with Crippen LogP contribution in [0.15, 0.2) is 36.4 Å². The topological polar surface area (TPSA) is 99.7 Å². The summed E-state index contributed by atoms with van der Waals surface area (Å²) in [6, 6.07) is 12.1. The standard InChI is InChI=1S/C25H31N3O3.C2HF3O/c1-2-31-24(30)28-20-9-4-3-8-19(20)27-22-14-16-13-21-17-7-5-6-10-25(17,11-12-26-21)18(16)15-23(22)29;3-2(4,5)1-6/h3-4,8-9,14-15,17,21,26-27,29H,2,5-7,10-13H2,1H3,(H,28,30);1H/t17-,21+,25+;/m1./s1. The Morgan fingerprint density at radius 3 is 2.62 bits per heavy atom. The van der Waals surface area contributed by atoms with Crippen molar-refractivity contribution in [1.29, 1.82) is 0 Å². The number of carbonyl (C=O) groups is 2. The highest BCUT2D eigenvalue weighted by atomic mass is 19.4. The van der Waals surface area contributed by atoms with Crippen molar-refractivity contribution >= 4 is 29.4 Å². The van der Waals surface area contributed by atoms with E-state index in [1.165, 1.54) is 36.8 Å². The normalized spacial score (nSPS) is 23.9. The van der Waals surface area contributed by atoms with Crippen LogP contribution >= 0.6 is 0 Å². The maximum absolute atomic E-state index is 11.9. The number of hydrogen-bond acceptors (Lipinski definition) is 6. The van der Waals surface area contributed by atoms with Gasteiger partial charge in [-0.15, -0.1) is 0 Å². The lowest BCUT2D eigenvalue weighted by molar-refractivity contribution is -0.156. The first-order valence-electron chi connectivity index (χ1n) is 12.6. The number of fused-ring (bicyclic) bond motifs is 1. The summed E-state index contributed by atoms with van der Waals surface area (Å²) >= 11 is 0. The minimum absolute atomic E-state index is 0.209. The molecule has 2 aliphatic carbocycles. The highest BCUT2D eigenvalue weighted by Crippen LogP contribution is 2.55. The molecule has 4 N–H and O–H groups in total. The minimum Gasteiger partial charge on any atom is -0.506 e. The van der Waals surface area contributed by atoms with Crippen LogP contribution in [0, 0.1) is 5.92 Å². The Kier molecular flexibility index (Phi) is 7.96. The molecule has 0 aromatic heterocycles. The number of nitrogens with one attached hydrogen (secondary N) is 3. The van der Waals surface area contributed by atoms with E-state index in [-0.39, 0.29) is 11.2 Å². The number of alkyl halides is 3. The Morgan fingerprint density at radius 1 is 1.19 bits per heavy atom. The van der Waals surface area contributed by atoms with E-state index in [2.05, 4.69) is 22.0 Å². The summed E-state index contributed by atoms with van der Waals surface area (Å²) in [6.07, 6.45) is 1.05. The predicted octanol–water partition coefficient (Wildman–Crippen LogP) is 5.80. The van der Waals surface area contributed by atoms with Crippen molar-refractivity contribution < 1.29 is 32.6 Å². The molecule has 0 unspecified atom stereocenters. The molecule has 0 radical (unpaired) electrons. The van der Waals surface area contributed by atoms with Gasteiger partial charge in [-0.3, -0.25) is 10.1 Å². The smallest absolute Gasteiger partial charge is 0.446 e. The van der Waals surface area contributed by atoms with Crippen LogP contribution in [0.2, 0.25) is 0 Å². The Morgan fingerprint density at radius 2 is 1.92 bits per heavy atom. The molecule has 5 rings (SSSR count). The molecule has 1 saturated heterocycles. The number of aldehydes is 1. The van der Waals surface area contributed by atoms with Gasteiger partial charge in [0.25, 0.3) is 0 Å². The number of rotatable bonds is 4. The van der Waals surface area contributed by atoms with Crippen LogP contribution in [-0.4, -0.2) is 42.9 Å². The van der Waals surface area contributed by atoms with Crippen LogP contribution in [-0.2, 0) is 21.4 Å². The molecule has 3 aliphatic rings. The van der Waals surface area contributed by atoms with Gasteiger partial charge in [0.2, 0.25) is 6.29 Å². The number of halogens is 3. The molecule has 200 valence electrons. The van der Waals surface area contributed by atoms with E-state index in [9.17, 15) is 23.1 Å². The number of aromatic hydroxyl groups is 1. The van der Waals surface area contributed by atoms with Crippen LogP contribution in [0.1, 0.15) is 50.2 Å². The largest absolute Gasteiger partial charge is 0.506 e. The van der Waals surface area contributed by atoms with E-state index >= 15 is 0 Å². The third kappa shape index (κ3) is 5.84. The SMILES string of the molecule is CCOC(=O)Nc1ccccc1Nc1cc2c(cc1O)[C@]13CCCC[C@@H]1[C@H](C2)NCC3.O=CC(F)(F)F. The quantitative estimate of drug-likeness (QED) is 0.301. The van der Waals surface area contributed by atoms with Crippen molar-refractivity contribution in [2.75, 3.05) is 23.8 Å². The van der Waals surface area contributed by atoms with Gasteiger partial charge >= 0.3 is 12.3 Å². The average molecular weight is 520 g/mol. The first-order valence-corrected chi connectivity index (χ1v) is 12.6. The number of ether oxygens (including phenoxy) is 1. The first-order chi connectivity index (χ1) is 17.7. The molecule has 2 aromatic rings. The van der Waals surface area contributed by atoms with Crippen molar-refractivity contribution in [3.63, 3.8) is 0 Å². The molecule has 3 atom stereocenters. The number of piperidine rings is 1. The Bertz CT molecular complexity index is 1140. The molecule has 0 spiro atoms. The van der Waals surface area contributed by atoms with Crippen LogP contribution in [0.4, 0.5) is 35.0 Å². The number of amides is 1. The average Bonchev–Trinajstić information content (AvgIpc) is 2.86. The summed E-state index contributed by atoms with van der Waals surface area (Å²) in [5.74, 6) is 0.940. The summed E-state index contributed by atoms with van der Waals surface area (Å²) < 4.78 is 36.3. The Hall–Kier alpha value is -3.27. The lowest BCUT2D eigenvalue weighted by atomic mass is 9.53. The van der Waals surface area contributed by atoms with Gasteiger partial charge in [-0.1, -0.05) is 25.0 Å². The number of benzene rings is 2. The minimum atomic E-state index is -4.64. The van der Waals surface area contributed by atoms with Gasteiger partial charge in [0.05, 0.1) is 23.7 Å². The second kappa shape index (κ2) is 11.0. The number of para-hydroxylation sites is 2. The van der Waals surface area contributed by atoms with Gasteiger partial charge in [0.1, 0.15) is 5.75 Å². The van der Waals surface area contributed by atoms with Crippen LogP contribution in [0.25, 0.3) is 0 Å². The zero-order valence-corrected chi connectivity index (χ0v) is 20.7. The van der Waals surface area contributed by atoms with Crippen molar-refractivity contribution in [3.05, 3.63) is 47.5 Å². The van der Waals surface area contributed by atoms with Crippen molar-refractivity contribution in [2.24, 2.45) is 5.92 Å². The molecule has 1 heterocycles. The molecule has 1 amide bonds. The Balaban J connectivity index is 0.000000480. The number of phenolic OH excluding ortho intramolecular Hbond substituents is 1. The maximum Gasteiger partial charge on any atom is 0.446 e. The van der Waals surface area contributed by atoms with E-state index in [0.717, 1.165) is 19.4 Å². The molecule has 10 heteroatoms. The molecule has 2 fully saturated rings. The fourth-order valence-corrected chi connectivity index (χ4v) is 6.20. The van der Waals surface area contributed by atoms with Gasteiger partial charge in [-0.25, -0.2) is 4.79 Å². The van der Waals surface area contributed by atoms with Crippen LogP contribution in [0.3, 0.4) is 0 Å². The number of hydrogen-bond donors (Lipinski definition) is 4. The van der Waals surface area contributed by atoms with Crippen LogP contribution < -0.4 is 16.0 Å². The lowest BCUT2D eigenvalue weighted by Gasteiger charge is -2.56. The molecular weight excluding hydrogens is 487 g/mol. The zero-order valence-electron chi connectivity index (χ0n) is 20.7. The summed E-state index contributed by atoms with van der Waals surface area (Å²) in [6.45, 7) is 3.15. The van der Waals surface area contributed by atoms with E-state index in [4.69, 9.17) is 9.53 Å². The number of phenols is 1. The van der Waals surface area contributed by atoms with E-state index in [1.807, 2.05) is 30.3 Å². The maximum atomic E-state index is 11.9. The van der Waals surface area contributed by atoms with E-state index < -0.39 is 18.6 Å². The van der Waals surface area contributed by atoms with Crippen molar-refractivity contribution in [1.82, 2.24) is 5.32 Å². The molecule has 7 nitrogen and oxygen atoms in total. The second-order valence-corrected chi connectivity index (χ2v) is 9.73. The van der Waals surface area contributed by atoms with E-state index in [1.54, 1.807) is 6.92 Å². The second-order valence-electron chi connectivity index (χ2n) is 9.73. The van der Waals surface area contributed by atoms with E-state index in [0.29, 0.717) is 35.6 Å². The van der Waals surface area contributed by atoms with Crippen LogP contribution in [0.5, 0.6) is 5.75 Å². The summed E-state index contributed by atoms with van der Waals surface area (Å²) in [4.78, 5) is 20.6. The molecule has 2 bridgehead atoms. The molecular formula is C27H32F3N3O4. The van der Waals surface area contributed by atoms with Gasteiger partial charge in [0, 0.05) is 11.5 Å². The Labute approximate surface area is 213 Å². The highest BCUT2D eigenvalue weighted by molar-refractivity contribution is 5.91. The summed E-state index contributed by atoms with van der Waals surface area (Å²) in [5, 5.41) is 20.8. The zero-order chi connectivity index (χ0) is 26.6. The third-order valence-electron chi connectivity index (χ3n) is 7.60. The van der Waals surface area contributed by atoms with Crippen molar-refractivity contribution in [3.8, 4) is 5.75 Å². The van der Waals surface area contributed by atoms with Crippen molar-refractivity contribution in [2.45, 2.75) is 63.1 Å². The third-order valence-corrected chi connectivity index (χ3v) is 7.60. The van der Waals surface area contributed by atoms with Gasteiger partial charge < -0.3 is 20.5 Å². The molecule has 1 saturated carbocycles. The fraction of sp³-hybridized carbons (Fsp3) is 0.481. The number of anilines is 3. The molecule has 2 aromatic carbocycles. The lowest BCUT2D eigenvalue weighted by Crippen LogP contribution is -2.59. The monoisotopic (exact) mass is 519 g/mol. The first kappa shape index (κ1) is 26.8. The fourth-order valence-electron chi connectivity index (χ4n) is 6.20. The molecule has 37 heavy (non-hydrogen) atoms. The molecule has 1 aliphatic heterocycles. The number of carbonyl (C=O) groups excluding carboxylic acids is 2. The van der Waals surface area contributed by atoms with Gasteiger partial charge in [0.15, 0.2) is 0 Å². The van der Waals surface area contributed by atoms with Gasteiger partial charge in [-0.05, 0) is 80.5 Å². The van der Waals surface area contributed by atoms with Gasteiger partial charge in [-0.2, -0.15) is 13.2 Å². The summed E-state index contributed by atoms with van der Waals surface area (Å²) in [7, 11) is 0. The predicted molar refractivity (Wildman–Crippen MR) is 134 cm³/mol.